The lowest BCUT2D eigenvalue weighted by Crippen LogP contribution is -2.15. The summed E-state index contributed by atoms with van der Waals surface area (Å²) in [5.41, 5.74) is 3.97. The van der Waals surface area contributed by atoms with E-state index in [0.29, 0.717) is 17.1 Å². The summed E-state index contributed by atoms with van der Waals surface area (Å²) >= 11 is 0. The average molecular weight is 304 g/mol. The molecule has 0 spiro atoms. The molecule has 1 N–H and O–H groups in total. The number of benzene rings is 1. The fourth-order valence-electron chi connectivity index (χ4n) is 2.98. The van der Waals surface area contributed by atoms with Crippen molar-refractivity contribution >= 4 is 11.6 Å². The number of aromatic nitrogens is 3. The van der Waals surface area contributed by atoms with Crippen molar-refractivity contribution in [2.45, 2.75) is 19.3 Å². The second-order valence-corrected chi connectivity index (χ2v) is 5.62. The van der Waals surface area contributed by atoms with E-state index in [1.807, 2.05) is 24.3 Å². The highest BCUT2D eigenvalue weighted by Crippen LogP contribution is 2.24. The maximum absolute atomic E-state index is 12.6. The SMILES string of the molecule is O=C(Nc1cccnc1-n1cccn1)c1ccc2c(c1)CCC2. The van der Waals surface area contributed by atoms with Crippen LogP contribution in [0.25, 0.3) is 5.82 Å². The number of nitrogens with one attached hydrogen (secondary N) is 1. The normalized spacial score (nSPS) is 12.9. The van der Waals surface area contributed by atoms with Crippen molar-refractivity contribution in [1.82, 2.24) is 14.8 Å². The number of nitrogens with zero attached hydrogens (tertiary/aromatic N) is 3. The molecule has 114 valence electrons. The Morgan fingerprint density at radius 3 is 2.87 bits per heavy atom. The van der Waals surface area contributed by atoms with Crippen LogP contribution in [0.5, 0.6) is 0 Å². The summed E-state index contributed by atoms with van der Waals surface area (Å²) in [5.74, 6) is 0.480. The predicted octanol–water partition coefficient (Wildman–Crippen LogP) is 3.01. The first kappa shape index (κ1) is 13.7. The van der Waals surface area contributed by atoms with Gasteiger partial charge in [0, 0.05) is 24.2 Å². The van der Waals surface area contributed by atoms with Crippen molar-refractivity contribution in [2.24, 2.45) is 0 Å². The average Bonchev–Trinajstić information content (AvgIpc) is 3.26. The highest BCUT2D eigenvalue weighted by atomic mass is 16.1. The van der Waals surface area contributed by atoms with Crippen LogP contribution in [0, 0.1) is 0 Å². The number of fused-ring (bicyclic) bond motifs is 1. The highest BCUT2D eigenvalue weighted by molar-refractivity contribution is 6.05. The third-order valence-electron chi connectivity index (χ3n) is 4.12. The van der Waals surface area contributed by atoms with Crippen LogP contribution in [0.15, 0.2) is 55.0 Å². The van der Waals surface area contributed by atoms with Crippen LogP contribution in [0.3, 0.4) is 0 Å². The summed E-state index contributed by atoms with van der Waals surface area (Å²) < 4.78 is 1.64. The summed E-state index contributed by atoms with van der Waals surface area (Å²) in [4.78, 5) is 16.9. The van der Waals surface area contributed by atoms with Crippen molar-refractivity contribution < 1.29 is 4.79 Å². The number of carbonyl (C=O) groups excluding carboxylic acids is 1. The Hall–Kier alpha value is -2.95. The molecule has 4 rings (SSSR count). The Morgan fingerprint density at radius 1 is 1.09 bits per heavy atom. The summed E-state index contributed by atoms with van der Waals surface area (Å²) in [6, 6.07) is 11.4. The zero-order chi connectivity index (χ0) is 15.6. The minimum Gasteiger partial charge on any atom is -0.319 e. The number of rotatable bonds is 3. The van der Waals surface area contributed by atoms with Gasteiger partial charge in [-0.25, -0.2) is 9.67 Å². The fourth-order valence-corrected chi connectivity index (χ4v) is 2.98. The minimum atomic E-state index is -0.124. The van der Waals surface area contributed by atoms with Crippen LogP contribution in [0.1, 0.15) is 27.9 Å². The lowest BCUT2D eigenvalue weighted by molar-refractivity contribution is 0.102. The molecule has 0 aliphatic heterocycles. The van der Waals surface area contributed by atoms with Gasteiger partial charge in [0.15, 0.2) is 5.82 Å². The van der Waals surface area contributed by atoms with Gasteiger partial charge in [0.25, 0.3) is 5.91 Å². The first-order chi connectivity index (χ1) is 11.3. The zero-order valence-electron chi connectivity index (χ0n) is 12.6. The zero-order valence-corrected chi connectivity index (χ0v) is 12.6. The highest BCUT2D eigenvalue weighted by Gasteiger charge is 2.15. The van der Waals surface area contributed by atoms with Gasteiger partial charge in [-0.1, -0.05) is 6.07 Å². The first-order valence-electron chi connectivity index (χ1n) is 7.69. The van der Waals surface area contributed by atoms with Crippen molar-refractivity contribution in [2.75, 3.05) is 5.32 Å². The van der Waals surface area contributed by atoms with Crippen LogP contribution < -0.4 is 5.32 Å². The van der Waals surface area contributed by atoms with Gasteiger partial charge in [0.1, 0.15) is 0 Å². The standard InChI is InChI=1S/C18H16N4O/c23-18(15-8-7-13-4-1-5-14(13)12-15)21-16-6-2-9-19-17(16)22-11-3-10-20-22/h2-3,6-12H,1,4-5H2,(H,21,23). The molecule has 2 aromatic heterocycles. The molecule has 5 nitrogen and oxygen atoms in total. The van der Waals surface area contributed by atoms with E-state index in [0.717, 1.165) is 12.8 Å². The second kappa shape index (κ2) is 5.68. The molecule has 0 unspecified atom stereocenters. The monoisotopic (exact) mass is 304 g/mol. The van der Waals surface area contributed by atoms with Crippen molar-refractivity contribution in [1.29, 1.82) is 0 Å². The molecule has 2 heterocycles. The van der Waals surface area contributed by atoms with Gasteiger partial charge in [0.05, 0.1) is 5.69 Å². The topological polar surface area (TPSA) is 59.8 Å². The van der Waals surface area contributed by atoms with Gasteiger partial charge < -0.3 is 5.32 Å². The van der Waals surface area contributed by atoms with Gasteiger partial charge in [0.2, 0.25) is 0 Å². The molecular weight excluding hydrogens is 288 g/mol. The van der Waals surface area contributed by atoms with E-state index in [4.69, 9.17) is 0 Å². The molecule has 0 saturated heterocycles. The van der Waals surface area contributed by atoms with Crippen LogP contribution >= 0.6 is 0 Å². The number of amides is 1. The molecular formula is C18H16N4O. The van der Waals surface area contributed by atoms with Gasteiger partial charge >= 0.3 is 0 Å². The number of aryl methyl sites for hydroxylation is 2. The van der Waals surface area contributed by atoms with E-state index < -0.39 is 0 Å². The first-order valence-corrected chi connectivity index (χ1v) is 7.69. The number of carbonyl (C=O) groups is 1. The largest absolute Gasteiger partial charge is 0.319 e. The van der Waals surface area contributed by atoms with E-state index in [2.05, 4.69) is 21.5 Å². The number of hydrogen-bond acceptors (Lipinski definition) is 3. The van der Waals surface area contributed by atoms with Crippen LogP contribution in [-0.4, -0.2) is 20.7 Å². The summed E-state index contributed by atoms with van der Waals surface area (Å²) in [5, 5.41) is 7.12. The lowest BCUT2D eigenvalue weighted by Gasteiger charge is -2.10. The Kier molecular flexibility index (Phi) is 3.38. The number of hydrogen-bond donors (Lipinski definition) is 1. The van der Waals surface area contributed by atoms with Crippen molar-refractivity contribution in [3.63, 3.8) is 0 Å². The molecule has 3 aromatic rings. The molecule has 23 heavy (non-hydrogen) atoms. The minimum absolute atomic E-state index is 0.124. The Morgan fingerprint density at radius 2 is 2.00 bits per heavy atom. The van der Waals surface area contributed by atoms with Gasteiger partial charge in [-0.2, -0.15) is 5.10 Å². The summed E-state index contributed by atoms with van der Waals surface area (Å²) in [6.07, 6.45) is 8.51. The molecule has 0 fully saturated rings. The van der Waals surface area contributed by atoms with Crippen LogP contribution in [0.4, 0.5) is 5.69 Å². The Labute approximate surface area is 134 Å². The molecule has 1 aromatic carbocycles. The molecule has 1 aliphatic rings. The third-order valence-corrected chi connectivity index (χ3v) is 4.12. The fraction of sp³-hybridized carbons (Fsp3) is 0.167. The molecule has 0 atom stereocenters. The molecule has 5 heteroatoms. The van der Waals surface area contributed by atoms with Crippen molar-refractivity contribution in [3.05, 3.63) is 71.7 Å². The quantitative estimate of drug-likeness (QED) is 0.809. The van der Waals surface area contributed by atoms with Crippen LogP contribution in [-0.2, 0) is 12.8 Å². The van der Waals surface area contributed by atoms with E-state index in [1.165, 1.54) is 17.5 Å². The van der Waals surface area contributed by atoms with Gasteiger partial charge in [-0.05, 0) is 60.7 Å². The maximum Gasteiger partial charge on any atom is 0.255 e. The van der Waals surface area contributed by atoms with E-state index >= 15 is 0 Å². The van der Waals surface area contributed by atoms with Gasteiger partial charge in [-0.15, -0.1) is 0 Å². The van der Waals surface area contributed by atoms with Gasteiger partial charge in [-0.3, -0.25) is 4.79 Å². The lowest BCUT2D eigenvalue weighted by atomic mass is 10.1. The molecule has 0 saturated carbocycles. The van der Waals surface area contributed by atoms with E-state index in [9.17, 15) is 4.79 Å². The van der Waals surface area contributed by atoms with E-state index in [1.54, 1.807) is 29.3 Å². The summed E-state index contributed by atoms with van der Waals surface area (Å²) in [7, 11) is 0. The molecule has 0 bridgehead atoms. The number of pyridine rings is 1. The van der Waals surface area contributed by atoms with Crippen LogP contribution in [0.2, 0.25) is 0 Å². The number of anilines is 1. The summed E-state index contributed by atoms with van der Waals surface area (Å²) in [6.45, 7) is 0. The van der Waals surface area contributed by atoms with E-state index in [-0.39, 0.29) is 5.91 Å². The Bertz CT molecular complexity index is 855. The smallest absolute Gasteiger partial charge is 0.255 e. The molecule has 1 amide bonds. The maximum atomic E-state index is 12.6. The predicted molar refractivity (Wildman–Crippen MR) is 87.8 cm³/mol. The third kappa shape index (κ3) is 2.61. The molecule has 0 radical (unpaired) electrons. The second-order valence-electron chi connectivity index (χ2n) is 5.62. The molecule has 1 aliphatic carbocycles. The van der Waals surface area contributed by atoms with Crippen molar-refractivity contribution in [3.8, 4) is 5.82 Å². The Balaban J connectivity index is 1.62.